The average Bonchev–Trinajstić information content (AvgIpc) is 2.54. The first-order chi connectivity index (χ1) is 7.18. The Balaban J connectivity index is 2.53. The lowest BCUT2D eigenvalue weighted by molar-refractivity contribution is 0.930. The predicted molar refractivity (Wildman–Crippen MR) is 66.5 cm³/mol. The predicted octanol–water partition coefficient (Wildman–Crippen LogP) is 1.87. The van der Waals surface area contributed by atoms with Gasteiger partial charge in [-0.25, -0.2) is 4.98 Å². The molecule has 2 aromatic rings. The van der Waals surface area contributed by atoms with Gasteiger partial charge >= 0.3 is 0 Å². The van der Waals surface area contributed by atoms with Crippen LogP contribution in [0.1, 0.15) is 5.82 Å². The quantitative estimate of drug-likeness (QED) is 0.617. The van der Waals surface area contributed by atoms with Gasteiger partial charge in [0.05, 0.1) is 16.0 Å². The molecule has 2 N–H and O–H groups in total. The number of rotatable bonds is 2. The minimum atomic E-state index is 0.363. The van der Waals surface area contributed by atoms with Crippen LogP contribution >= 0.6 is 12.2 Å². The lowest BCUT2D eigenvalue weighted by Gasteiger charge is -1.95. The highest BCUT2D eigenvalue weighted by Crippen LogP contribution is 2.14. The van der Waals surface area contributed by atoms with Gasteiger partial charge in [-0.15, -0.1) is 0 Å². The van der Waals surface area contributed by atoms with Crippen LogP contribution in [0.5, 0.6) is 0 Å². The second-order valence-corrected chi connectivity index (χ2v) is 3.72. The Kier molecular flexibility index (Phi) is 2.51. The Bertz CT molecular complexity index is 540. The van der Waals surface area contributed by atoms with Crippen molar-refractivity contribution in [3.63, 3.8) is 0 Å². The van der Waals surface area contributed by atoms with Crippen molar-refractivity contribution in [3.8, 4) is 0 Å². The van der Waals surface area contributed by atoms with Crippen LogP contribution < -0.4 is 5.73 Å². The molecule has 0 saturated heterocycles. The van der Waals surface area contributed by atoms with Crippen molar-refractivity contribution in [2.45, 2.75) is 0 Å². The molecule has 0 radical (unpaired) electrons. The number of fused-ring (bicyclic) bond motifs is 1. The summed E-state index contributed by atoms with van der Waals surface area (Å²) in [4.78, 5) is 4.81. The van der Waals surface area contributed by atoms with E-state index in [-0.39, 0.29) is 0 Å². The van der Waals surface area contributed by atoms with Gasteiger partial charge in [0, 0.05) is 7.05 Å². The Labute approximate surface area is 93.2 Å². The first-order valence-electron chi connectivity index (χ1n) is 4.57. The molecule has 1 aromatic carbocycles. The molecule has 0 aliphatic carbocycles. The summed E-state index contributed by atoms with van der Waals surface area (Å²) in [5.41, 5.74) is 7.46. The standard InChI is InChI=1S/C11H11N3S/c1-14-9-5-3-2-4-8(9)13-11(14)7-6-10(12)15/h2-7H,1H3,(H2,12,15). The highest BCUT2D eigenvalue weighted by molar-refractivity contribution is 7.80. The largest absolute Gasteiger partial charge is 0.390 e. The van der Waals surface area contributed by atoms with Crippen LogP contribution in [0.15, 0.2) is 30.3 Å². The zero-order valence-electron chi connectivity index (χ0n) is 8.34. The summed E-state index contributed by atoms with van der Waals surface area (Å²) in [6.07, 6.45) is 3.50. The zero-order valence-corrected chi connectivity index (χ0v) is 9.16. The van der Waals surface area contributed by atoms with Crippen molar-refractivity contribution in [1.82, 2.24) is 9.55 Å². The van der Waals surface area contributed by atoms with E-state index < -0.39 is 0 Å². The average molecular weight is 217 g/mol. The second kappa shape index (κ2) is 3.82. The lowest BCUT2D eigenvalue weighted by atomic mass is 10.3. The molecule has 0 fully saturated rings. The van der Waals surface area contributed by atoms with E-state index in [0.717, 1.165) is 16.9 Å². The van der Waals surface area contributed by atoms with Crippen LogP contribution in [-0.2, 0) is 7.05 Å². The van der Waals surface area contributed by atoms with Gasteiger partial charge in [0.25, 0.3) is 0 Å². The topological polar surface area (TPSA) is 43.8 Å². The summed E-state index contributed by atoms with van der Waals surface area (Å²) >= 11 is 4.77. The molecule has 0 atom stereocenters. The number of para-hydroxylation sites is 2. The Morgan fingerprint density at radius 1 is 1.47 bits per heavy atom. The van der Waals surface area contributed by atoms with Crippen molar-refractivity contribution in [2.75, 3.05) is 0 Å². The number of aromatic nitrogens is 2. The fourth-order valence-electron chi connectivity index (χ4n) is 1.47. The van der Waals surface area contributed by atoms with E-state index in [1.165, 1.54) is 0 Å². The van der Waals surface area contributed by atoms with Gasteiger partial charge in [-0.2, -0.15) is 0 Å². The summed E-state index contributed by atoms with van der Waals surface area (Å²) in [5.74, 6) is 0.851. The molecule has 15 heavy (non-hydrogen) atoms. The number of nitrogens with two attached hydrogens (primary N) is 1. The highest BCUT2D eigenvalue weighted by atomic mass is 32.1. The molecular formula is C11H11N3S. The van der Waals surface area contributed by atoms with Crippen molar-refractivity contribution in [1.29, 1.82) is 0 Å². The molecule has 0 aliphatic rings. The third-order valence-electron chi connectivity index (χ3n) is 2.22. The van der Waals surface area contributed by atoms with Crippen molar-refractivity contribution < 1.29 is 0 Å². The normalized spacial score (nSPS) is 11.3. The van der Waals surface area contributed by atoms with Crippen LogP contribution in [0.3, 0.4) is 0 Å². The summed E-state index contributed by atoms with van der Waals surface area (Å²) < 4.78 is 2.00. The summed E-state index contributed by atoms with van der Waals surface area (Å²) in [7, 11) is 1.97. The smallest absolute Gasteiger partial charge is 0.133 e. The summed E-state index contributed by atoms with van der Waals surface area (Å²) in [5, 5.41) is 0. The number of imidazole rings is 1. The van der Waals surface area contributed by atoms with E-state index in [1.807, 2.05) is 42.0 Å². The minimum absolute atomic E-state index is 0.363. The highest BCUT2D eigenvalue weighted by Gasteiger charge is 2.02. The zero-order chi connectivity index (χ0) is 10.8. The second-order valence-electron chi connectivity index (χ2n) is 3.25. The van der Waals surface area contributed by atoms with Gasteiger partial charge < -0.3 is 10.3 Å². The molecule has 0 aliphatic heterocycles. The molecule has 4 heteroatoms. The fourth-order valence-corrected chi connectivity index (χ4v) is 1.54. The molecule has 3 nitrogen and oxygen atoms in total. The molecule has 1 heterocycles. The maximum Gasteiger partial charge on any atom is 0.133 e. The van der Waals surface area contributed by atoms with Crippen LogP contribution in [0.2, 0.25) is 0 Å². The van der Waals surface area contributed by atoms with Gasteiger partial charge in [0.1, 0.15) is 5.82 Å². The van der Waals surface area contributed by atoms with Gasteiger partial charge in [0.15, 0.2) is 0 Å². The first-order valence-corrected chi connectivity index (χ1v) is 4.98. The molecule has 0 spiro atoms. The maximum atomic E-state index is 5.39. The number of hydrogen-bond acceptors (Lipinski definition) is 2. The van der Waals surface area contributed by atoms with E-state index >= 15 is 0 Å². The third-order valence-corrected chi connectivity index (χ3v) is 2.35. The van der Waals surface area contributed by atoms with Crippen molar-refractivity contribution >= 4 is 34.3 Å². The molecule has 1 aromatic heterocycles. The molecule has 76 valence electrons. The van der Waals surface area contributed by atoms with Crippen LogP contribution in [0.25, 0.3) is 17.1 Å². The lowest BCUT2D eigenvalue weighted by Crippen LogP contribution is -2.02. The summed E-state index contributed by atoms with van der Waals surface area (Å²) in [6, 6.07) is 7.97. The summed E-state index contributed by atoms with van der Waals surface area (Å²) in [6.45, 7) is 0. The van der Waals surface area contributed by atoms with E-state index in [2.05, 4.69) is 4.98 Å². The molecule has 0 bridgehead atoms. The van der Waals surface area contributed by atoms with Crippen LogP contribution in [-0.4, -0.2) is 14.5 Å². The molecule has 0 saturated carbocycles. The van der Waals surface area contributed by atoms with Crippen molar-refractivity contribution in [2.24, 2.45) is 12.8 Å². The van der Waals surface area contributed by atoms with E-state index in [0.29, 0.717) is 4.99 Å². The number of thiocarbonyl (C=S) groups is 1. The van der Waals surface area contributed by atoms with E-state index in [4.69, 9.17) is 18.0 Å². The number of aryl methyl sites for hydroxylation is 1. The SMILES string of the molecule is Cn1c(C=CC(N)=S)nc2ccccc21. The van der Waals surface area contributed by atoms with Gasteiger partial charge in [-0.1, -0.05) is 24.4 Å². The van der Waals surface area contributed by atoms with Crippen molar-refractivity contribution in [3.05, 3.63) is 36.2 Å². The number of hydrogen-bond donors (Lipinski definition) is 1. The number of nitrogens with zero attached hydrogens (tertiary/aromatic N) is 2. The Morgan fingerprint density at radius 2 is 2.20 bits per heavy atom. The molecular weight excluding hydrogens is 206 g/mol. The molecule has 2 rings (SSSR count). The minimum Gasteiger partial charge on any atom is -0.390 e. The Morgan fingerprint density at radius 3 is 2.87 bits per heavy atom. The van der Waals surface area contributed by atoms with Gasteiger partial charge in [-0.3, -0.25) is 0 Å². The van der Waals surface area contributed by atoms with E-state index in [1.54, 1.807) is 6.08 Å². The number of benzene rings is 1. The van der Waals surface area contributed by atoms with E-state index in [9.17, 15) is 0 Å². The van der Waals surface area contributed by atoms with Gasteiger partial charge in [0.2, 0.25) is 0 Å². The monoisotopic (exact) mass is 217 g/mol. The third kappa shape index (κ3) is 1.89. The molecule has 0 unspecified atom stereocenters. The first kappa shape index (κ1) is 9.86. The Hall–Kier alpha value is -1.68. The van der Waals surface area contributed by atoms with Crippen LogP contribution in [0, 0.1) is 0 Å². The maximum absolute atomic E-state index is 5.39. The molecule has 0 amide bonds. The van der Waals surface area contributed by atoms with Crippen LogP contribution in [0.4, 0.5) is 0 Å². The fraction of sp³-hybridized carbons (Fsp3) is 0.0909. The van der Waals surface area contributed by atoms with Gasteiger partial charge in [-0.05, 0) is 24.3 Å².